The van der Waals surface area contributed by atoms with E-state index in [4.69, 9.17) is 9.84 Å². The van der Waals surface area contributed by atoms with Crippen LogP contribution in [0.2, 0.25) is 0 Å². The van der Waals surface area contributed by atoms with Crippen molar-refractivity contribution in [2.24, 2.45) is 0 Å². The van der Waals surface area contributed by atoms with Gasteiger partial charge in [-0.25, -0.2) is 4.98 Å². The normalized spacial score (nSPS) is 20.6. The van der Waals surface area contributed by atoms with Crippen LogP contribution in [-0.4, -0.2) is 40.7 Å². The Labute approximate surface area is 141 Å². The predicted molar refractivity (Wildman–Crippen MR) is 88.1 cm³/mol. The second-order valence-electron chi connectivity index (χ2n) is 5.52. The van der Waals surface area contributed by atoms with E-state index in [9.17, 15) is 9.59 Å². The summed E-state index contributed by atoms with van der Waals surface area (Å²) >= 11 is 2.89. The number of carboxylic acids is 1. The number of ether oxygens (including phenoxy) is 1. The summed E-state index contributed by atoms with van der Waals surface area (Å²) in [6.45, 7) is 2.47. The molecule has 1 aliphatic rings. The van der Waals surface area contributed by atoms with Gasteiger partial charge in [-0.3, -0.25) is 9.59 Å². The maximum absolute atomic E-state index is 12.6. The van der Waals surface area contributed by atoms with Crippen LogP contribution in [0.15, 0.2) is 17.5 Å². The van der Waals surface area contributed by atoms with Crippen molar-refractivity contribution in [3.05, 3.63) is 28.1 Å². The summed E-state index contributed by atoms with van der Waals surface area (Å²) in [5.41, 5.74) is -0.178. The molecule has 0 saturated carbocycles. The molecule has 0 spiro atoms. The molecule has 1 amide bonds. The Kier molecular flexibility index (Phi) is 4.47. The number of thiazole rings is 1. The van der Waals surface area contributed by atoms with E-state index >= 15 is 0 Å². The van der Waals surface area contributed by atoms with Crippen LogP contribution < -0.4 is 5.32 Å². The van der Waals surface area contributed by atoms with Crippen molar-refractivity contribution in [1.29, 1.82) is 0 Å². The standard InChI is InChI=1S/C15H16N2O4S2/c1-9-12(23-14(16-9)10-3-2-6-22-10)13(20)17-15(7-11(18)19)4-5-21-8-15/h2-3,6H,4-5,7-8H2,1H3,(H,17,20)(H,18,19). The number of rotatable bonds is 5. The number of hydrogen-bond acceptors (Lipinski definition) is 6. The summed E-state index contributed by atoms with van der Waals surface area (Å²) in [7, 11) is 0. The molecule has 1 saturated heterocycles. The molecule has 3 heterocycles. The number of aromatic nitrogens is 1. The van der Waals surface area contributed by atoms with Crippen LogP contribution in [0.3, 0.4) is 0 Å². The average molecular weight is 352 g/mol. The van der Waals surface area contributed by atoms with E-state index in [1.54, 1.807) is 18.3 Å². The quantitative estimate of drug-likeness (QED) is 0.863. The number of thiophene rings is 1. The number of nitrogens with zero attached hydrogens (tertiary/aromatic N) is 1. The highest BCUT2D eigenvalue weighted by atomic mass is 32.1. The third-order valence-corrected chi connectivity index (χ3v) is 5.90. The van der Waals surface area contributed by atoms with E-state index in [0.29, 0.717) is 23.6 Å². The molecule has 0 aliphatic carbocycles. The predicted octanol–water partition coefficient (Wildman–Crippen LogP) is 2.54. The molecular weight excluding hydrogens is 336 g/mol. The highest BCUT2D eigenvalue weighted by Gasteiger charge is 2.39. The van der Waals surface area contributed by atoms with Crippen molar-refractivity contribution in [3.63, 3.8) is 0 Å². The van der Waals surface area contributed by atoms with Gasteiger partial charge in [0.25, 0.3) is 5.91 Å². The van der Waals surface area contributed by atoms with Crippen LogP contribution >= 0.6 is 22.7 Å². The third-order valence-electron chi connectivity index (χ3n) is 3.71. The first-order chi connectivity index (χ1) is 11.0. The molecule has 1 unspecified atom stereocenters. The fraction of sp³-hybridized carbons (Fsp3) is 0.400. The number of aliphatic carboxylic acids is 1. The Morgan fingerprint density at radius 2 is 2.35 bits per heavy atom. The number of hydrogen-bond donors (Lipinski definition) is 2. The molecule has 8 heteroatoms. The zero-order chi connectivity index (χ0) is 16.4. The number of nitrogens with one attached hydrogen (secondary N) is 1. The first kappa shape index (κ1) is 16.1. The Morgan fingerprint density at radius 1 is 1.52 bits per heavy atom. The van der Waals surface area contributed by atoms with Crippen LogP contribution in [0, 0.1) is 6.92 Å². The molecule has 2 N–H and O–H groups in total. The van der Waals surface area contributed by atoms with Crippen LogP contribution in [0.4, 0.5) is 0 Å². The lowest BCUT2D eigenvalue weighted by atomic mass is 9.94. The second kappa shape index (κ2) is 6.38. The maximum atomic E-state index is 12.6. The van der Waals surface area contributed by atoms with Gasteiger partial charge in [0.2, 0.25) is 0 Å². The summed E-state index contributed by atoms with van der Waals surface area (Å²) in [5, 5.41) is 14.7. The van der Waals surface area contributed by atoms with Gasteiger partial charge in [-0.15, -0.1) is 22.7 Å². The summed E-state index contributed by atoms with van der Waals surface area (Å²) < 4.78 is 5.30. The lowest BCUT2D eigenvalue weighted by Crippen LogP contribution is -2.50. The van der Waals surface area contributed by atoms with E-state index in [1.807, 2.05) is 17.5 Å². The zero-order valence-electron chi connectivity index (χ0n) is 12.5. The van der Waals surface area contributed by atoms with Crippen molar-refractivity contribution in [2.75, 3.05) is 13.2 Å². The molecule has 0 aromatic carbocycles. The van der Waals surface area contributed by atoms with E-state index in [-0.39, 0.29) is 18.9 Å². The smallest absolute Gasteiger partial charge is 0.305 e. The number of carboxylic acid groups (broad SMARTS) is 1. The molecule has 6 nitrogen and oxygen atoms in total. The molecule has 23 heavy (non-hydrogen) atoms. The molecule has 1 fully saturated rings. The van der Waals surface area contributed by atoms with E-state index < -0.39 is 11.5 Å². The van der Waals surface area contributed by atoms with Gasteiger partial charge >= 0.3 is 5.97 Å². The fourth-order valence-electron chi connectivity index (χ4n) is 2.59. The summed E-state index contributed by atoms with van der Waals surface area (Å²) in [5.74, 6) is -1.23. The van der Waals surface area contributed by atoms with Crippen LogP contribution in [0.5, 0.6) is 0 Å². The Morgan fingerprint density at radius 3 is 2.96 bits per heavy atom. The summed E-state index contributed by atoms with van der Waals surface area (Å²) in [6.07, 6.45) is 0.356. The van der Waals surface area contributed by atoms with Crippen molar-refractivity contribution in [2.45, 2.75) is 25.3 Å². The first-order valence-electron chi connectivity index (χ1n) is 7.12. The number of carbonyl (C=O) groups is 2. The van der Waals surface area contributed by atoms with Gasteiger partial charge in [-0.05, 0) is 24.8 Å². The van der Waals surface area contributed by atoms with Crippen molar-refractivity contribution < 1.29 is 19.4 Å². The van der Waals surface area contributed by atoms with Gasteiger partial charge in [-0.2, -0.15) is 0 Å². The van der Waals surface area contributed by atoms with Gasteiger partial charge in [0.15, 0.2) is 0 Å². The van der Waals surface area contributed by atoms with Gasteiger partial charge in [-0.1, -0.05) is 6.07 Å². The molecule has 0 radical (unpaired) electrons. The van der Waals surface area contributed by atoms with E-state index in [2.05, 4.69) is 10.3 Å². The molecule has 3 rings (SSSR count). The van der Waals surface area contributed by atoms with Gasteiger partial charge < -0.3 is 15.2 Å². The van der Waals surface area contributed by atoms with Crippen molar-refractivity contribution >= 4 is 34.6 Å². The van der Waals surface area contributed by atoms with Gasteiger partial charge in [0, 0.05) is 6.61 Å². The summed E-state index contributed by atoms with van der Waals surface area (Å²) in [4.78, 5) is 29.7. The second-order valence-corrected chi connectivity index (χ2v) is 7.47. The van der Waals surface area contributed by atoms with Gasteiger partial charge in [0.05, 0.1) is 29.1 Å². The topological polar surface area (TPSA) is 88.5 Å². The van der Waals surface area contributed by atoms with Crippen LogP contribution in [-0.2, 0) is 9.53 Å². The minimum Gasteiger partial charge on any atom is -0.481 e. The Bertz CT molecular complexity index is 718. The number of aryl methyl sites for hydroxylation is 1. The molecule has 1 atom stereocenters. The highest BCUT2D eigenvalue weighted by Crippen LogP contribution is 2.32. The molecule has 1 aliphatic heterocycles. The number of carbonyl (C=O) groups excluding carboxylic acids is 1. The third kappa shape index (κ3) is 3.44. The molecule has 2 aromatic heterocycles. The lowest BCUT2D eigenvalue weighted by Gasteiger charge is -2.26. The maximum Gasteiger partial charge on any atom is 0.305 e. The first-order valence-corrected chi connectivity index (χ1v) is 8.82. The van der Waals surface area contributed by atoms with Crippen LogP contribution in [0.25, 0.3) is 9.88 Å². The van der Waals surface area contributed by atoms with Crippen LogP contribution in [0.1, 0.15) is 28.2 Å². The Balaban J connectivity index is 1.81. The minimum absolute atomic E-state index is 0.144. The van der Waals surface area contributed by atoms with Crippen molar-refractivity contribution in [1.82, 2.24) is 10.3 Å². The fourth-order valence-corrected chi connectivity index (χ4v) is 4.35. The highest BCUT2D eigenvalue weighted by molar-refractivity contribution is 7.22. The Hall–Kier alpha value is -1.77. The molecule has 0 bridgehead atoms. The molecule has 122 valence electrons. The van der Waals surface area contributed by atoms with E-state index in [1.165, 1.54) is 11.3 Å². The SMILES string of the molecule is Cc1nc(-c2cccs2)sc1C(=O)NC1(CC(=O)O)CCOC1. The monoisotopic (exact) mass is 352 g/mol. The average Bonchev–Trinajstić information content (AvgIpc) is 3.18. The van der Waals surface area contributed by atoms with Crippen molar-refractivity contribution in [3.8, 4) is 9.88 Å². The number of amides is 1. The molecule has 2 aromatic rings. The lowest BCUT2D eigenvalue weighted by molar-refractivity contribution is -0.138. The van der Waals surface area contributed by atoms with E-state index in [0.717, 1.165) is 9.88 Å². The van der Waals surface area contributed by atoms with Gasteiger partial charge in [0.1, 0.15) is 9.88 Å². The largest absolute Gasteiger partial charge is 0.481 e. The molecular formula is C15H16N2O4S2. The summed E-state index contributed by atoms with van der Waals surface area (Å²) in [6, 6.07) is 3.90. The minimum atomic E-state index is -0.948. The zero-order valence-corrected chi connectivity index (χ0v) is 14.1.